The van der Waals surface area contributed by atoms with E-state index in [9.17, 15) is 13.2 Å². The molecule has 2 aliphatic heterocycles. The minimum atomic E-state index is -3.70. The molecule has 9 heteroatoms. The lowest BCUT2D eigenvalue weighted by Gasteiger charge is -2.37. The van der Waals surface area contributed by atoms with Crippen molar-refractivity contribution in [3.63, 3.8) is 0 Å². The van der Waals surface area contributed by atoms with Crippen LogP contribution in [-0.2, 0) is 19.6 Å². The van der Waals surface area contributed by atoms with Crippen molar-refractivity contribution in [3.8, 4) is 0 Å². The average Bonchev–Trinajstić information content (AvgIpc) is 3.00. The third kappa shape index (κ3) is 3.65. The van der Waals surface area contributed by atoms with Crippen molar-refractivity contribution in [1.82, 2.24) is 14.4 Å². The van der Waals surface area contributed by atoms with Gasteiger partial charge in [0.15, 0.2) is 5.76 Å². The normalized spacial score (nSPS) is 23.3. The van der Waals surface area contributed by atoms with E-state index >= 15 is 0 Å². The van der Waals surface area contributed by atoms with Crippen molar-refractivity contribution >= 4 is 15.9 Å². The summed E-state index contributed by atoms with van der Waals surface area (Å²) in [7, 11) is -2.01. The Labute approximate surface area is 154 Å². The van der Waals surface area contributed by atoms with Crippen molar-refractivity contribution in [3.05, 3.63) is 11.5 Å². The molecule has 0 saturated carbocycles. The zero-order valence-electron chi connectivity index (χ0n) is 15.6. The summed E-state index contributed by atoms with van der Waals surface area (Å²) in [4.78, 5) is 14.9. The molecule has 0 N–H and O–H groups in total. The molecule has 1 aromatic heterocycles. The van der Waals surface area contributed by atoms with Gasteiger partial charge in [0.05, 0.1) is 12.0 Å². The van der Waals surface area contributed by atoms with Gasteiger partial charge in [-0.1, -0.05) is 5.16 Å². The molecule has 2 saturated heterocycles. The van der Waals surface area contributed by atoms with Gasteiger partial charge in [-0.3, -0.25) is 4.79 Å². The number of hydrogen-bond acceptors (Lipinski definition) is 6. The van der Waals surface area contributed by atoms with Gasteiger partial charge in [-0.2, -0.15) is 4.31 Å². The van der Waals surface area contributed by atoms with E-state index in [1.54, 1.807) is 21.0 Å². The fourth-order valence-corrected chi connectivity index (χ4v) is 5.72. The highest BCUT2D eigenvalue weighted by Gasteiger charge is 2.38. The monoisotopic (exact) mass is 385 g/mol. The van der Waals surface area contributed by atoms with Crippen LogP contribution in [0.1, 0.15) is 37.1 Å². The van der Waals surface area contributed by atoms with Crippen molar-refractivity contribution in [2.75, 3.05) is 33.3 Å². The maximum atomic E-state index is 13.0. The van der Waals surface area contributed by atoms with Crippen molar-refractivity contribution in [2.45, 2.75) is 50.5 Å². The van der Waals surface area contributed by atoms with Crippen LogP contribution >= 0.6 is 0 Å². The van der Waals surface area contributed by atoms with Crippen LogP contribution in [0, 0.1) is 19.8 Å². The molecule has 3 rings (SSSR count). The first-order valence-corrected chi connectivity index (χ1v) is 10.5. The maximum Gasteiger partial charge on any atom is 0.248 e. The minimum absolute atomic E-state index is 0.0539. The largest absolute Gasteiger partial charge is 0.381 e. The minimum Gasteiger partial charge on any atom is -0.381 e. The second kappa shape index (κ2) is 7.66. The van der Waals surface area contributed by atoms with Crippen LogP contribution in [-0.4, -0.2) is 68.1 Å². The quantitative estimate of drug-likeness (QED) is 0.776. The first-order valence-electron chi connectivity index (χ1n) is 9.09. The van der Waals surface area contributed by atoms with Gasteiger partial charge in [-0.15, -0.1) is 0 Å². The van der Waals surface area contributed by atoms with Gasteiger partial charge in [0.1, 0.15) is 10.6 Å². The zero-order valence-corrected chi connectivity index (χ0v) is 16.4. The lowest BCUT2D eigenvalue weighted by atomic mass is 9.96. The maximum absolute atomic E-state index is 13.0. The summed E-state index contributed by atoms with van der Waals surface area (Å²) in [6.07, 6.45) is 3.26. The summed E-state index contributed by atoms with van der Waals surface area (Å²) in [6, 6.07) is 0. The molecular formula is C17H27N3O5S. The van der Waals surface area contributed by atoms with Crippen molar-refractivity contribution in [1.29, 1.82) is 0 Å². The number of hydrogen-bond donors (Lipinski definition) is 0. The summed E-state index contributed by atoms with van der Waals surface area (Å²) in [5.74, 6) is 0.0499. The smallest absolute Gasteiger partial charge is 0.248 e. The van der Waals surface area contributed by atoms with Gasteiger partial charge in [0, 0.05) is 33.3 Å². The first kappa shape index (κ1) is 19.3. The van der Waals surface area contributed by atoms with Crippen LogP contribution in [0.5, 0.6) is 0 Å². The molecule has 1 aromatic rings. The van der Waals surface area contributed by atoms with E-state index < -0.39 is 10.0 Å². The fraction of sp³-hybridized carbons (Fsp3) is 0.765. The van der Waals surface area contributed by atoms with Gasteiger partial charge in [0.25, 0.3) is 0 Å². The van der Waals surface area contributed by atoms with Crippen molar-refractivity contribution < 1.29 is 22.5 Å². The lowest BCUT2D eigenvalue weighted by molar-refractivity contribution is -0.139. The Hall–Kier alpha value is -1.45. The number of carbonyl (C=O) groups excluding carboxylic acids is 1. The summed E-state index contributed by atoms with van der Waals surface area (Å²) < 4.78 is 37.8. The second-order valence-electron chi connectivity index (χ2n) is 7.12. The summed E-state index contributed by atoms with van der Waals surface area (Å²) in [5.41, 5.74) is 0.359. The predicted octanol–water partition coefficient (Wildman–Crippen LogP) is 1.33. The average molecular weight is 385 g/mol. The number of aryl methyl sites for hydroxylation is 2. The first-order chi connectivity index (χ1) is 12.3. The molecule has 0 aromatic carbocycles. The number of rotatable bonds is 4. The number of nitrogens with zero attached hydrogens (tertiary/aromatic N) is 3. The Bertz CT molecular complexity index is 733. The predicted molar refractivity (Wildman–Crippen MR) is 94.1 cm³/mol. The van der Waals surface area contributed by atoms with Crippen LogP contribution < -0.4 is 0 Å². The number of likely N-dealkylation sites (tertiary alicyclic amines) is 1. The van der Waals surface area contributed by atoms with Crippen LogP contribution in [0.3, 0.4) is 0 Å². The van der Waals surface area contributed by atoms with E-state index in [2.05, 4.69) is 5.16 Å². The third-order valence-electron chi connectivity index (χ3n) is 5.39. The molecule has 8 nitrogen and oxygen atoms in total. The Kier molecular flexibility index (Phi) is 5.69. The topological polar surface area (TPSA) is 93.0 Å². The van der Waals surface area contributed by atoms with Crippen LogP contribution in [0.25, 0.3) is 0 Å². The highest BCUT2D eigenvalue weighted by Crippen LogP contribution is 2.29. The number of aromatic nitrogens is 1. The number of piperidine rings is 2. The van der Waals surface area contributed by atoms with Crippen molar-refractivity contribution in [2.24, 2.45) is 5.92 Å². The molecule has 0 bridgehead atoms. The van der Waals surface area contributed by atoms with E-state index in [1.807, 2.05) is 4.90 Å². The molecule has 1 atom stereocenters. The summed E-state index contributed by atoms with van der Waals surface area (Å²) in [6.45, 7) is 5.20. The van der Waals surface area contributed by atoms with E-state index in [0.717, 1.165) is 19.3 Å². The molecule has 26 heavy (non-hydrogen) atoms. The molecule has 0 spiro atoms. The van der Waals surface area contributed by atoms with E-state index in [4.69, 9.17) is 9.26 Å². The third-order valence-corrected chi connectivity index (χ3v) is 7.50. The Morgan fingerprint density at radius 2 is 1.88 bits per heavy atom. The zero-order chi connectivity index (χ0) is 18.9. The van der Waals surface area contributed by atoms with Gasteiger partial charge >= 0.3 is 0 Å². The van der Waals surface area contributed by atoms with Gasteiger partial charge < -0.3 is 14.2 Å². The summed E-state index contributed by atoms with van der Waals surface area (Å²) >= 11 is 0. The van der Waals surface area contributed by atoms with Crippen LogP contribution in [0.15, 0.2) is 9.42 Å². The lowest BCUT2D eigenvalue weighted by Crippen LogP contribution is -2.49. The van der Waals surface area contributed by atoms with Gasteiger partial charge in [0.2, 0.25) is 15.9 Å². The number of carbonyl (C=O) groups is 1. The Morgan fingerprint density at radius 1 is 1.19 bits per heavy atom. The van der Waals surface area contributed by atoms with Crippen LogP contribution in [0.4, 0.5) is 0 Å². The van der Waals surface area contributed by atoms with Gasteiger partial charge in [-0.25, -0.2) is 8.42 Å². The molecule has 0 aliphatic carbocycles. The standard InChI is InChI=1S/C17H27N3O5S/c1-12-16(13(2)25-18-12)26(22,23)20-8-4-5-14(11-20)17(21)19-9-6-15(24-3)7-10-19/h14-15H,4-11H2,1-3H3. The molecule has 0 radical (unpaired) electrons. The number of sulfonamides is 1. The molecule has 3 heterocycles. The summed E-state index contributed by atoms with van der Waals surface area (Å²) in [5, 5.41) is 3.75. The molecule has 1 unspecified atom stereocenters. The van der Waals surface area contributed by atoms with E-state index in [0.29, 0.717) is 31.7 Å². The van der Waals surface area contributed by atoms with E-state index in [1.165, 1.54) is 4.31 Å². The number of ether oxygens (including phenoxy) is 1. The van der Waals surface area contributed by atoms with E-state index in [-0.39, 0.29) is 35.1 Å². The van der Waals surface area contributed by atoms with Gasteiger partial charge in [-0.05, 0) is 39.5 Å². The second-order valence-corrected chi connectivity index (χ2v) is 8.99. The Morgan fingerprint density at radius 3 is 2.46 bits per heavy atom. The molecule has 1 amide bonds. The van der Waals surface area contributed by atoms with Crippen LogP contribution in [0.2, 0.25) is 0 Å². The number of amides is 1. The SMILES string of the molecule is COC1CCN(C(=O)C2CCCN(S(=O)(=O)c3c(C)noc3C)C2)CC1. The molecular weight excluding hydrogens is 358 g/mol. The molecule has 2 fully saturated rings. The molecule has 146 valence electrons. The fourth-order valence-electron chi connectivity index (χ4n) is 3.90. The highest BCUT2D eigenvalue weighted by molar-refractivity contribution is 7.89. The Balaban J connectivity index is 1.70. The molecule has 2 aliphatic rings. The highest BCUT2D eigenvalue weighted by atomic mass is 32.2. The number of methoxy groups -OCH3 is 1.